The van der Waals surface area contributed by atoms with Crippen molar-refractivity contribution in [1.82, 2.24) is 0 Å². The maximum absolute atomic E-state index is 5.68. The number of fused-ring (bicyclic) bond motifs is 1. The normalized spacial score (nSPS) is 12.7. The zero-order valence-electron chi connectivity index (χ0n) is 13.5. The molecule has 4 heteroatoms. The van der Waals surface area contributed by atoms with Gasteiger partial charge in [-0.3, -0.25) is 0 Å². The van der Waals surface area contributed by atoms with Crippen LogP contribution in [0.25, 0.3) is 0 Å². The second-order valence-corrected chi connectivity index (χ2v) is 5.56. The number of ether oxygens (including phenoxy) is 3. The molecule has 0 unspecified atom stereocenters. The lowest BCUT2D eigenvalue weighted by Gasteiger charge is -2.19. The summed E-state index contributed by atoms with van der Waals surface area (Å²) < 4.78 is 16.8. The van der Waals surface area contributed by atoms with E-state index in [0.717, 1.165) is 48.9 Å². The molecule has 0 saturated carbocycles. The van der Waals surface area contributed by atoms with Crippen molar-refractivity contribution in [3.05, 3.63) is 48.0 Å². The van der Waals surface area contributed by atoms with Crippen molar-refractivity contribution in [2.45, 2.75) is 26.3 Å². The minimum Gasteiger partial charge on any atom is -0.494 e. The average molecular weight is 313 g/mol. The van der Waals surface area contributed by atoms with Crippen LogP contribution in [0.4, 0.5) is 5.69 Å². The maximum Gasteiger partial charge on any atom is 0.163 e. The van der Waals surface area contributed by atoms with E-state index in [2.05, 4.69) is 24.4 Å². The molecular formula is C19H23NO3. The molecule has 0 bridgehead atoms. The molecule has 122 valence electrons. The highest BCUT2D eigenvalue weighted by Gasteiger charge is 2.11. The Balaban J connectivity index is 1.53. The van der Waals surface area contributed by atoms with E-state index in [-0.39, 0.29) is 0 Å². The minimum absolute atomic E-state index is 0.607. The standard InChI is InChI=1S/C19H23NO3/c1-2-3-10-21-17-7-4-15(5-8-17)14-20-16-6-9-18-19(13-16)23-12-11-22-18/h4-9,13,20H,2-3,10-12,14H2,1H3. The van der Waals surface area contributed by atoms with Gasteiger partial charge in [0.05, 0.1) is 6.61 Å². The first-order valence-corrected chi connectivity index (χ1v) is 8.20. The molecule has 0 aliphatic carbocycles. The molecule has 1 N–H and O–H groups in total. The summed E-state index contributed by atoms with van der Waals surface area (Å²) in [4.78, 5) is 0. The highest BCUT2D eigenvalue weighted by atomic mass is 16.6. The molecule has 0 fully saturated rings. The number of hydrogen-bond acceptors (Lipinski definition) is 4. The van der Waals surface area contributed by atoms with E-state index in [4.69, 9.17) is 14.2 Å². The summed E-state index contributed by atoms with van der Waals surface area (Å²) in [5.41, 5.74) is 2.24. The fourth-order valence-corrected chi connectivity index (χ4v) is 2.40. The van der Waals surface area contributed by atoms with E-state index >= 15 is 0 Å². The quantitative estimate of drug-likeness (QED) is 0.776. The van der Waals surface area contributed by atoms with Crippen LogP contribution in [0.5, 0.6) is 17.2 Å². The summed E-state index contributed by atoms with van der Waals surface area (Å²) in [7, 11) is 0. The van der Waals surface area contributed by atoms with E-state index in [1.54, 1.807) is 0 Å². The molecule has 2 aromatic carbocycles. The molecule has 23 heavy (non-hydrogen) atoms. The Kier molecular flexibility index (Phi) is 5.25. The van der Waals surface area contributed by atoms with Gasteiger partial charge in [0.1, 0.15) is 19.0 Å². The molecule has 2 aromatic rings. The summed E-state index contributed by atoms with van der Waals surface area (Å²) in [5, 5.41) is 3.41. The van der Waals surface area contributed by atoms with Gasteiger partial charge >= 0.3 is 0 Å². The van der Waals surface area contributed by atoms with Crippen LogP contribution in [0.1, 0.15) is 25.3 Å². The van der Waals surface area contributed by atoms with Crippen molar-refractivity contribution in [1.29, 1.82) is 0 Å². The van der Waals surface area contributed by atoms with Gasteiger partial charge in [0.2, 0.25) is 0 Å². The van der Waals surface area contributed by atoms with Crippen molar-refractivity contribution >= 4 is 5.69 Å². The first-order chi connectivity index (χ1) is 11.3. The van der Waals surface area contributed by atoms with E-state index in [1.807, 2.05) is 30.3 Å². The summed E-state index contributed by atoms with van der Waals surface area (Å²) >= 11 is 0. The van der Waals surface area contributed by atoms with Gasteiger partial charge in [-0.1, -0.05) is 25.5 Å². The first kappa shape index (κ1) is 15.5. The van der Waals surface area contributed by atoms with Crippen molar-refractivity contribution in [2.75, 3.05) is 25.1 Å². The zero-order valence-corrected chi connectivity index (χ0v) is 13.5. The van der Waals surface area contributed by atoms with Gasteiger partial charge < -0.3 is 19.5 Å². The summed E-state index contributed by atoms with van der Waals surface area (Å²) in [6.07, 6.45) is 2.24. The number of benzene rings is 2. The Bertz CT molecular complexity index is 625. The van der Waals surface area contributed by atoms with Crippen molar-refractivity contribution < 1.29 is 14.2 Å². The van der Waals surface area contributed by atoms with Crippen LogP contribution in [0.2, 0.25) is 0 Å². The van der Waals surface area contributed by atoms with Gasteiger partial charge in [-0.25, -0.2) is 0 Å². The Morgan fingerprint density at radius 2 is 1.78 bits per heavy atom. The van der Waals surface area contributed by atoms with Crippen LogP contribution in [-0.2, 0) is 6.54 Å². The van der Waals surface area contributed by atoms with Crippen LogP contribution >= 0.6 is 0 Å². The van der Waals surface area contributed by atoms with Gasteiger partial charge in [-0.15, -0.1) is 0 Å². The van der Waals surface area contributed by atoms with E-state index in [0.29, 0.717) is 13.2 Å². The average Bonchev–Trinajstić information content (AvgIpc) is 2.61. The molecule has 0 radical (unpaired) electrons. The Morgan fingerprint density at radius 3 is 2.57 bits per heavy atom. The molecule has 0 atom stereocenters. The summed E-state index contributed by atoms with van der Waals surface area (Å²) in [5.74, 6) is 2.55. The van der Waals surface area contributed by atoms with Crippen LogP contribution < -0.4 is 19.5 Å². The molecule has 4 nitrogen and oxygen atoms in total. The predicted octanol–water partition coefficient (Wildman–Crippen LogP) is 4.25. The summed E-state index contributed by atoms with van der Waals surface area (Å²) in [6.45, 7) is 4.93. The van der Waals surface area contributed by atoms with E-state index in [9.17, 15) is 0 Å². The highest BCUT2D eigenvalue weighted by Crippen LogP contribution is 2.32. The third kappa shape index (κ3) is 4.31. The third-order valence-corrected chi connectivity index (χ3v) is 3.73. The van der Waals surface area contributed by atoms with Crippen LogP contribution in [0.3, 0.4) is 0 Å². The van der Waals surface area contributed by atoms with Crippen molar-refractivity contribution in [3.8, 4) is 17.2 Å². The Labute approximate surface area is 137 Å². The summed E-state index contributed by atoms with van der Waals surface area (Å²) in [6, 6.07) is 14.2. The highest BCUT2D eigenvalue weighted by molar-refractivity contribution is 5.55. The zero-order chi connectivity index (χ0) is 15.9. The lowest BCUT2D eigenvalue weighted by atomic mass is 10.2. The third-order valence-electron chi connectivity index (χ3n) is 3.73. The van der Waals surface area contributed by atoms with Gasteiger partial charge in [-0.2, -0.15) is 0 Å². The fourth-order valence-electron chi connectivity index (χ4n) is 2.40. The van der Waals surface area contributed by atoms with Crippen LogP contribution in [-0.4, -0.2) is 19.8 Å². The molecule has 0 amide bonds. The number of nitrogens with one attached hydrogen (secondary N) is 1. The van der Waals surface area contributed by atoms with E-state index in [1.165, 1.54) is 5.56 Å². The van der Waals surface area contributed by atoms with Crippen molar-refractivity contribution in [3.63, 3.8) is 0 Å². The molecule has 0 aromatic heterocycles. The molecule has 0 saturated heterocycles. The lowest BCUT2D eigenvalue weighted by molar-refractivity contribution is 0.171. The first-order valence-electron chi connectivity index (χ1n) is 8.20. The van der Waals surface area contributed by atoms with Gasteiger partial charge in [-0.05, 0) is 36.2 Å². The second kappa shape index (κ2) is 7.77. The van der Waals surface area contributed by atoms with Gasteiger partial charge in [0, 0.05) is 18.3 Å². The predicted molar refractivity (Wildman–Crippen MR) is 91.6 cm³/mol. The fraction of sp³-hybridized carbons (Fsp3) is 0.368. The topological polar surface area (TPSA) is 39.7 Å². The SMILES string of the molecule is CCCCOc1ccc(CNc2ccc3c(c2)OCCO3)cc1. The number of anilines is 1. The van der Waals surface area contributed by atoms with Gasteiger partial charge in [0.25, 0.3) is 0 Å². The van der Waals surface area contributed by atoms with Crippen molar-refractivity contribution in [2.24, 2.45) is 0 Å². The number of rotatable bonds is 7. The molecule has 1 aliphatic rings. The number of hydrogen-bond donors (Lipinski definition) is 1. The maximum atomic E-state index is 5.68. The Hall–Kier alpha value is -2.36. The molecular weight excluding hydrogens is 290 g/mol. The van der Waals surface area contributed by atoms with Gasteiger partial charge in [0.15, 0.2) is 11.5 Å². The molecule has 1 aliphatic heterocycles. The Morgan fingerprint density at radius 1 is 1.00 bits per heavy atom. The number of unbranched alkanes of at least 4 members (excludes halogenated alkanes) is 1. The lowest BCUT2D eigenvalue weighted by Crippen LogP contribution is -2.15. The van der Waals surface area contributed by atoms with E-state index < -0.39 is 0 Å². The molecule has 3 rings (SSSR count). The molecule has 1 heterocycles. The molecule has 0 spiro atoms. The van der Waals surface area contributed by atoms with Crippen LogP contribution in [0, 0.1) is 0 Å². The van der Waals surface area contributed by atoms with Crippen LogP contribution in [0.15, 0.2) is 42.5 Å². The minimum atomic E-state index is 0.607. The second-order valence-electron chi connectivity index (χ2n) is 5.56. The smallest absolute Gasteiger partial charge is 0.163 e. The largest absolute Gasteiger partial charge is 0.494 e. The monoisotopic (exact) mass is 313 g/mol.